The summed E-state index contributed by atoms with van der Waals surface area (Å²) >= 11 is 1.31. The number of rotatable bonds is 9. The summed E-state index contributed by atoms with van der Waals surface area (Å²) < 4.78 is 11.4. The Bertz CT molecular complexity index is 1190. The first-order valence-corrected chi connectivity index (χ1v) is 11.9. The maximum atomic E-state index is 12.5. The minimum absolute atomic E-state index is 0.0156. The third-order valence-corrected chi connectivity index (χ3v) is 6.08. The fourth-order valence-electron chi connectivity index (χ4n) is 3.47. The molecule has 0 unspecified atom stereocenters. The summed E-state index contributed by atoms with van der Waals surface area (Å²) in [6, 6.07) is 17.0. The van der Waals surface area contributed by atoms with Crippen LogP contribution in [0.5, 0.6) is 11.5 Å². The molecule has 1 aromatic heterocycles. The Morgan fingerprint density at radius 1 is 1.12 bits per heavy atom. The highest BCUT2D eigenvalue weighted by Gasteiger charge is 2.18. The van der Waals surface area contributed by atoms with Crippen LogP contribution in [0.1, 0.15) is 24.0 Å². The van der Waals surface area contributed by atoms with E-state index < -0.39 is 5.91 Å². The predicted octanol–water partition coefficient (Wildman–Crippen LogP) is 4.45. The number of aryl methyl sites for hydroxylation is 1. The van der Waals surface area contributed by atoms with Crippen LogP contribution in [0.25, 0.3) is 6.08 Å². The quantitative estimate of drug-likeness (QED) is 0.277. The van der Waals surface area contributed by atoms with Gasteiger partial charge in [0.1, 0.15) is 36.4 Å². The third-order valence-electron chi connectivity index (χ3n) is 5.18. The average Bonchev–Trinajstić information content (AvgIpc) is 3.53. The summed E-state index contributed by atoms with van der Waals surface area (Å²) in [5, 5.41) is 21.5. The van der Waals surface area contributed by atoms with Crippen LogP contribution < -0.4 is 19.7 Å². The lowest BCUT2D eigenvalue weighted by Gasteiger charge is -2.10. The Hall–Kier alpha value is -3.90. The maximum absolute atomic E-state index is 12.5. The van der Waals surface area contributed by atoms with E-state index in [4.69, 9.17) is 9.47 Å². The summed E-state index contributed by atoms with van der Waals surface area (Å²) in [4.78, 5) is 14.7. The molecule has 1 N–H and O–H groups in total. The Kier molecular flexibility index (Phi) is 7.73. The monoisotopic (exact) mass is 475 g/mol. The van der Waals surface area contributed by atoms with Crippen molar-refractivity contribution in [1.82, 2.24) is 10.2 Å². The average molecular weight is 476 g/mol. The van der Waals surface area contributed by atoms with E-state index in [0.717, 1.165) is 42.4 Å². The number of aromatic nitrogens is 2. The Balaban J connectivity index is 1.28. The molecule has 8 nitrogen and oxygen atoms in total. The van der Waals surface area contributed by atoms with Crippen LogP contribution in [0.4, 0.5) is 10.3 Å². The highest BCUT2D eigenvalue weighted by Crippen LogP contribution is 2.27. The summed E-state index contributed by atoms with van der Waals surface area (Å²) in [6.07, 6.45) is 3.80. The molecule has 0 atom stereocenters. The molecule has 174 valence electrons. The molecule has 2 heterocycles. The zero-order valence-electron chi connectivity index (χ0n) is 18.9. The second kappa shape index (κ2) is 11.3. The molecule has 2 aromatic carbocycles. The van der Waals surface area contributed by atoms with Gasteiger partial charge in [-0.1, -0.05) is 35.6 Å². The smallest absolute Gasteiger partial charge is 0.268 e. The number of amides is 1. The predicted molar refractivity (Wildman–Crippen MR) is 132 cm³/mol. The third kappa shape index (κ3) is 6.33. The minimum atomic E-state index is -0.514. The molecule has 0 spiro atoms. The topological polar surface area (TPSA) is 100 Å². The molecule has 1 saturated heterocycles. The van der Waals surface area contributed by atoms with Crippen molar-refractivity contribution in [2.75, 3.05) is 36.5 Å². The van der Waals surface area contributed by atoms with Crippen LogP contribution in [-0.4, -0.2) is 42.4 Å². The van der Waals surface area contributed by atoms with E-state index in [1.807, 2.05) is 37.3 Å². The molecule has 1 aliphatic rings. The summed E-state index contributed by atoms with van der Waals surface area (Å²) in [5.74, 6) is 0.976. The standard InChI is InChI=1S/C25H25N5O3S/c1-18-5-4-6-22(15-18)33-14-13-32-21-9-7-19(8-10-21)16-20(17-26)23(31)27-24-28-29-25(34-24)30-11-2-3-12-30/h4-10,15-16H,2-3,11-14H2,1H3,(H,27,28,31)/b20-16-. The largest absolute Gasteiger partial charge is 0.490 e. The summed E-state index contributed by atoms with van der Waals surface area (Å²) in [5.41, 5.74) is 1.84. The number of carbonyl (C=O) groups is 1. The number of nitrogens with zero attached hydrogens (tertiary/aromatic N) is 4. The second-order valence-corrected chi connectivity index (χ2v) is 8.75. The van der Waals surface area contributed by atoms with Gasteiger partial charge in [0.05, 0.1) is 0 Å². The van der Waals surface area contributed by atoms with Crippen LogP contribution in [0.3, 0.4) is 0 Å². The number of hydrogen-bond donors (Lipinski definition) is 1. The fourth-order valence-corrected chi connectivity index (χ4v) is 4.26. The Morgan fingerprint density at radius 2 is 1.85 bits per heavy atom. The van der Waals surface area contributed by atoms with Crippen molar-refractivity contribution in [2.24, 2.45) is 0 Å². The van der Waals surface area contributed by atoms with Crippen molar-refractivity contribution in [3.63, 3.8) is 0 Å². The van der Waals surface area contributed by atoms with Crippen LogP contribution in [0.15, 0.2) is 54.1 Å². The lowest BCUT2D eigenvalue weighted by atomic mass is 10.1. The van der Waals surface area contributed by atoms with Crippen molar-refractivity contribution in [3.05, 3.63) is 65.2 Å². The van der Waals surface area contributed by atoms with Gasteiger partial charge in [0.2, 0.25) is 10.3 Å². The molecule has 1 fully saturated rings. The number of ether oxygens (including phenoxy) is 2. The maximum Gasteiger partial charge on any atom is 0.268 e. The first-order chi connectivity index (χ1) is 16.6. The molecule has 0 radical (unpaired) electrons. The van der Waals surface area contributed by atoms with E-state index in [9.17, 15) is 10.1 Å². The molecule has 4 rings (SSSR count). The van der Waals surface area contributed by atoms with Gasteiger partial charge in [-0.15, -0.1) is 10.2 Å². The normalized spacial score (nSPS) is 13.4. The van der Waals surface area contributed by atoms with E-state index in [2.05, 4.69) is 20.4 Å². The van der Waals surface area contributed by atoms with Crippen LogP contribution in [0.2, 0.25) is 0 Å². The molecular weight excluding hydrogens is 450 g/mol. The highest BCUT2D eigenvalue weighted by molar-refractivity contribution is 7.19. The van der Waals surface area contributed by atoms with Gasteiger partial charge in [-0.05, 0) is 61.2 Å². The number of anilines is 2. The van der Waals surface area contributed by atoms with Crippen molar-refractivity contribution < 1.29 is 14.3 Å². The molecule has 0 saturated carbocycles. The van der Waals surface area contributed by atoms with Crippen LogP contribution >= 0.6 is 11.3 Å². The van der Waals surface area contributed by atoms with Gasteiger partial charge in [-0.2, -0.15) is 5.26 Å². The first-order valence-electron chi connectivity index (χ1n) is 11.0. The molecule has 0 bridgehead atoms. The van der Waals surface area contributed by atoms with Crippen molar-refractivity contribution in [1.29, 1.82) is 5.26 Å². The molecule has 1 aliphatic heterocycles. The Morgan fingerprint density at radius 3 is 2.56 bits per heavy atom. The number of carbonyl (C=O) groups excluding carboxylic acids is 1. The SMILES string of the molecule is Cc1cccc(OCCOc2ccc(/C=C(/C#N)C(=O)Nc3nnc(N4CCCC4)s3)cc2)c1. The van der Waals surface area contributed by atoms with Crippen LogP contribution in [-0.2, 0) is 4.79 Å². The van der Waals surface area contributed by atoms with Gasteiger partial charge in [0, 0.05) is 13.1 Å². The zero-order chi connectivity index (χ0) is 23.8. The number of nitriles is 1. The van der Waals surface area contributed by atoms with Gasteiger partial charge in [-0.25, -0.2) is 0 Å². The highest BCUT2D eigenvalue weighted by atomic mass is 32.1. The number of benzene rings is 2. The zero-order valence-corrected chi connectivity index (χ0v) is 19.7. The molecule has 9 heteroatoms. The molecule has 3 aromatic rings. The van der Waals surface area contributed by atoms with E-state index in [1.54, 1.807) is 24.3 Å². The van der Waals surface area contributed by atoms with E-state index >= 15 is 0 Å². The van der Waals surface area contributed by atoms with E-state index in [0.29, 0.717) is 29.7 Å². The van der Waals surface area contributed by atoms with Gasteiger partial charge in [0.15, 0.2) is 0 Å². The van der Waals surface area contributed by atoms with Gasteiger partial charge < -0.3 is 14.4 Å². The van der Waals surface area contributed by atoms with Gasteiger partial charge >= 0.3 is 0 Å². The molecule has 0 aliphatic carbocycles. The lowest BCUT2D eigenvalue weighted by molar-refractivity contribution is -0.112. The fraction of sp³-hybridized carbons (Fsp3) is 0.280. The molecular formula is C25H25N5O3S. The number of nitrogens with one attached hydrogen (secondary N) is 1. The van der Waals surface area contributed by atoms with Gasteiger partial charge in [0.25, 0.3) is 5.91 Å². The first kappa shape index (κ1) is 23.3. The minimum Gasteiger partial charge on any atom is -0.490 e. The molecule has 1 amide bonds. The van der Waals surface area contributed by atoms with Gasteiger partial charge in [-0.3, -0.25) is 10.1 Å². The summed E-state index contributed by atoms with van der Waals surface area (Å²) in [6.45, 7) is 4.74. The van der Waals surface area contributed by atoms with E-state index in [1.165, 1.54) is 17.4 Å². The second-order valence-electron chi connectivity index (χ2n) is 7.79. The van der Waals surface area contributed by atoms with Crippen molar-refractivity contribution in [3.8, 4) is 17.6 Å². The number of hydrogen-bond acceptors (Lipinski definition) is 8. The van der Waals surface area contributed by atoms with Crippen LogP contribution in [0, 0.1) is 18.3 Å². The Labute approximate surface area is 202 Å². The van der Waals surface area contributed by atoms with E-state index in [-0.39, 0.29) is 5.57 Å². The lowest BCUT2D eigenvalue weighted by Crippen LogP contribution is -2.17. The summed E-state index contributed by atoms with van der Waals surface area (Å²) in [7, 11) is 0. The van der Waals surface area contributed by atoms with Crippen molar-refractivity contribution >= 4 is 33.6 Å². The molecule has 34 heavy (non-hydrogen) atoms. The van der Waals surface area contributed by atoms with Crippen molar-refractivity contribution in [2.45, 2.75) is 19.8 Å².